The Morgan fingerprint density at radius 2 is 0.722 bits per heavy atom. The van der Waals surface area contributed by atoms with Gasteiger partial charge in [-0.15, -0.1) is 0 Å². The fraction of sp³-hybridized carbons (Fsp3) is 1.00. The summed E-state index contributed by atoms with van der Waals surface area (Å²) in [4.78, 5) is 0. The molecule has 0 aliphatic carbocycles. The van der Waals surface area contributed by atoms with Gasteiger partial charge in [-0.05, 0) is 0 Å². The van der Waals surface area contributed by atoms with Crippen molar-refractivity contribution in [2.45, 2.75) is 41.5 Å². The molecule has 0 saturated heterocycles. The predicted octanol–water partition coefficient (Wildman–Crippen LogP) is 4.93. The van der Waals surface area contributed by atoms with Gasteiger partial charge < -0.3 is 0 Å². The van der Waals surface area contributed by atoms with Gasteiger partial charge in [-0.2, -0.15) is 0 Å². The van der Waals surface area contributed by atoms with E-state index in [0.29, 0.717) is 0 Å². The molecular weight excluding hydrogens is 377 g/mol. The molecule has 0 bridgehead atoms. The van der Waals surface area contributed by atoms with Crippen LogP contribution in [0.1, 0.15) is 41.5 Å². The summed E-state index contributed by atoms with van der Waals surface area (Å²) in [5, 5.41) is 0. The molecule has 0 rings (SSSR count). The average molecular weight is 407 g/mol. The summed E-state index contributed by atoms with van der Waals surface area (Å²) in [7, 11) is 0. The van der Waals surface area contributed by atoms with Crippen LogP contribution in [0.25, 0.3) is 0 Å². The first-order valence-electron chi connectivity index (χ1n) is 7.08. The van der Waals surface area contributed by atoms with E-state index in [-0.39, 0.29) is 0 Å². The van der Waals surface area contributed by atoms with E-state index in [4.69, 9.17) is 0 Å². The van der Waals surface area contributed by atoms with Crippen molar-refractivity contribution in [1.82, 2.24) is 14.0 Å². The molecular formula is C12H30Br2N3P. The fourth-order valence-corrected chi connectivity index (χ4v) is 14.6. The van der Waals surface area contributed by atoms with Crippen LogP contribution in [0.2, 0.25) is 0 Å². The van der Waals surface area contributed by atoms with Crippen molar-refractivity contribution >= 4 is 35.4 Å². The molecule has 0 unspecified atom stereocenters. The van der Waals surface area contributed by atoms with Crippen molar-refractivity contribution in [1.29, 1.82) is 0 Å². The zero-order valence-electron chi connectivity index (χ0n) is 12.8. The van der Waals surface area contributed by atoms with E-state index in [9.17, 15) is 0 Å². The molecule has 18 heavy (non-hydrogen) atoms. The van der Waals surface area contributed by atoms with E-state index >= 15 is 0 Å². The summed E-state index contributed by atoms with van der Waals surface area (Å²) < 4.78 is 5.14. The van der Waals surface area contributed by atoms with Crippen molar-refractivity contribution in [3.63, 3.8) is 0 Å². The first kappa shape index (κ1) is 19.3. The summed E-state index contributed by atoms with van der Waals surface area (Å²) in [5.74, 6) is 0. The number of nitrogens with zero attached hydrogens (tertiary/aromatic N) is 3. The molecule has 0 saturated carbocycles. The molecule has 0 radical (unpaired) electrons. The van der Waals surface area contributed by atoms with Crippen LogP contribution in [0.15, 0.2) is 0 Å². The molecule has 0 amide bonds. The SMILES string of the molecule is CCN(CC)P(Br)(Br)(N(CC)CC)N(CC)CC. The first-order valence-corrected chi connectivity index (χ1v) is 13.2. The fourth-order valence-electron chi connectivity index (χ4n) is 2.61. The molecule has 0 aromatic heterocycles. The zero-order chi connectivity index (χ0) is 14.4. The van der Waals surface area contributed by atoms with E-state index in [0.717, 1.165) is 39.3 Å². The molecule has 0 N–H and O–H groups in total. The molecule has 6 heteroatoms. The van der Waals surface area contributed by atoms with E-state index in [2.05, 4.69) is 86.5 Å². The third-order valence-electron chi connectivity index (χ3n) is 3.59. The van der Waals surface area contributed by atoms with Crippen molar-refractivity contribution in [2.75, 3.05) is 39.3 Å². The third kappa shape index (κ3) is 3.29. The maximum atomic E-state index is 4.18. The van der Waals surface area contributed by atoms with Gasteiger partial charge >= 0.3 is 130 Å². The summed E-state index contributed by atoms with van der Waals surface area (Å²) in [6.07, 6.45) is 0. The minimum atomic E-state index is -2.50. The molecule has 0 fully saturated rings. The molecule has 0 aromatic rings. The van der Waals surface area contributed by atoms with Gasteiger partial charge in [0.05, 0.1) is 0 Å². The van der Waals surface area contributed by atoms with Crippen molar-refractivity contribution in [3.05, 3.63) is 0 Å². The Morgan fingerprint density at radius 1 is 0.556 bits per heavy atom. The van der Waals surface area contributed by atoms with Crippen LogP contribution in [0.4, 0.5) is 0 Å². The Labute approximate surface area is 130 Å². The third-order valence-corrected chi connectivity index (χ3v) is 16.2. The van der Waals surface area contributed by atoms with E-state index in [1.54, 1.807) is 0 Å². The van der Waals surface area contributed by atoms with Gasteiger partial charge in [-0.1, -0.05) is 0 Å². The first-order chi connectivity index (χ1) is 8.36. The molecule has 0 aromatic carbocycles. The van der Waals surface area contributed by atoms with Gasteiger partial charge in [0.15, 0.2) is 0 Å². The van der Waals surface area contributed by atoms with Gasteiger partial charge in [-0.3, -0.25) is 0 Å². The second-order valence-electron chi connectivity index (χ2n) is 4.20. The molecule has 0 spiro atoms. The number of hydrogen-bond donors (Lipinski definition) is 0. The Hall–Kier alpha value is 1.27. The maximum absolute atomic E-state index is 4.18. The Morgan fingerprint density at radius 3 is 0.833 bits per heavy atom. The van der Waals surface area contributed by atoms with Crippen LogP contribution in [0.5, 0.6) is 0 Å². The zero-order valence-corrected chi connectivity index (χ0v) is 16.9. The predicted molar refractivity (Wildman–Crippen MR) is 93.5 cm³/mol. The van der Waals surface area contributed by atoms with Crippen LogP contribution < -0.4 is 0 Å². The molecule has 0 aliphatic rings. The van der Waals surface area contributed by atoms with Crippen LogP contribution in [-0.4, -0.2) is 53.3 Å². The summed E-state index contributed by atoms with van der Waals surface area (Å²) in [6.45, 7) is 19.7. The molecule has 0 heterocycles. The standard InChI is InChI=1S/C12H30Br2N3P/c1-7-15(8-2)18(13,14,16(9-3)10-4)17(11-5)12-6/h7-12H2,1-6H3. The van der Waals surface area contributed by atoms with Crippen molar-refractivity contribution < 1.29 is 0 Å². The molecule has 3 nitrogen and oxygen atoms in total. The summed E-state index contributed by atoms with van der Waals surface area (Å²) >= 11 is 8.35. The van der Waals surface area contributed by atoms with Crippen molar-refractivity contribution in [2.24, 2.45) is 0 Å². The summed E-state index contributed by atoms with van der Waals surface area (Å²) in [5.41, 5.74) is 0. The van der Waals surface area contributed by atoms with Crippen LogP contribution >= 0.6 is 35.4 Å². The Kier molecular flexibility index (Phi) is 8.45. The van der Waals surface area contributed by atoms with Crippen LogP contribution in [0.3, 0.4) is 0 Å². The second kappa shape index (κ2) is 7.90. The number of rotatable bonds is 9. The van der Waals surface area contributed by atoms with Gasteiger partial charge in [0.25, 0.3) is 0 Å². The van der Waals surface area contributed by atoms with Gasteiger partial charge in [0, 0.05) is 0 Å². The molecule has 0 atom stereocenters. The van der Waals surface area contributed by atoms with E-state index < -0.39 is 4.46 Å². The molecule has 112 valence electrons. The van der Waals surface area contributed by atoms with Gasteiger partial charge in [-0.25, -0.2) is 0 Å². The quantitative estimate of drug-likeness (QED) is 0.502. The number of halogens is 2. The second-order valence-corrected chi connectivity index (χ2v) is 18.2. The van der Waals surface area contributed by atoms with Gasteiger partial charge in [0.1, 0.15) is 0 Å². The average Bonchev–Trinajstić information content (AvgIpc) is 2.32. The van der Waals surface area contributed by atoms with Crippen LogP contribution in [-0.2, 0) is 0 Å². The normalized spacial score (nSPS) is 15.4. The number of hydrogen-bond acceptors (Lipinski definition) is 3. The van der Waals surface area contributed by atoms with E-state index in [1.807, 2.05) is 0 Å². The van der Waals surface area contributed by atoms with Crippen LogP contribution in [0, 0.1) is 0 Å². The van der Waals surface area contributed by atoms with Crippen molar-refractivity contribution in [3.8, 4) is 0 Å². The Bertz CT molecular complexity index is 201. The van der Waals surface area contributed by atoms with Gasteiger partial charge in [0.2, 0.25) is 0 Å². The Balaban J connectivity index is 5.76. The monoisotopic (exact) mass is 405 g/mol. The minimum absolute atomic E-state index is 1.04. The topological polar surface area (TPSA) is 9.72 Å². The van der Waals surface area contributed by atoms with E-state index in [1.165, 1.54) is 0 Å². The summed E-state index contributed by atoms with van der Waals surface area (Å²) in [6, 6.07) is 0. The molecule has 0 aliphatic heterocycles.